The summed E-state index contributed by atoms with van der Waals surface area (Å²) in [4.78, 5) is 0. The fourth-order valence-corrected chi connectivity index (χ4v) is 1.79. The molecule has 1 atom stereocenters. The van der Waals surface area contributed by atoms with Crippen LogP contribution in [0.25, 0.3) is 0 Å². The lowest BCUT2D eigenvalue weighted by atomic mass is 10.2. The fourth-order valence-electron chi connectivity index (χ4n) is 1.56. The molecule has 102 valence electrons. The Hall–Kier alpha value is -0.970. The summed E-state index contributed by atoms with van der Waals surface area (Å²) in [5.74, 6) is 1.21. The predicted octanol–water partition coefficient (Wildman–Crippen LogP) is 2.22. The number of aliphatic hydroxyl groups is 1. The Balaban J connectivity index is 2.97. The first-order valence-electron chi connectivity index (χ1n) is 5.94. The van der Waals surface area contributed by atoms with E-state index in [1.165, 1.54) is 0 Å². The molecule has 5 heteroatoms. The third-order valence-electron chi connectivity index (χ3n) is 2.57. The molecule has 1 aromatic carbocycles. The van der Waals surface area contributed by atoms with Gasteiger partial charge in [0.05, 0.1) is 13.2 Å². The topological polar surface area (TPSA) is 50.7 Å². The SMILES string of the molecule is CCC(O)COc1c(CNC)cc(Cl)cc1OC. The number of nitrogens with one attached hydrogen (secondary N) is 1. The van der Waals surface area contributed by atoms with Crippen molar-refractivity contribution in [2.24, 2.45) is 0 Å². The van der Waals surface area contributed by atoms with Crippen LogP contribution in [0.5, 0.6) is 11.5 Å². The lowest BCUT2D eigenvalue weighted by molar-refractivity contribution is 0.102. The zero-order chi connectivity index (χ0) is 13.5. The monoisotopic (exact) mass is 273 g/mol. The van der Waals surface area contributed by atoms with Gasteiger partial charge in [0.15, 0.2) is 11.5 Å². The minimum Gasteiger partial charge on any atom is -0.493 e. The number of hydrogen-bond acceptors (Lipinski definition) is 4. The highest BCUT2D eigenvalue weighted by atomic mass is 35.5. The summed E-state index contributed by atoms with van der Waals surface area (Å²) in [6.45, 7) is 2.77. The molecule has 0 spiro atoms. The highest BCUT2D eigenvalue weighted by Gasteiger charge is 2.13. The molecular formula is C13H20ClNO3. The van der Waals surface area contributed by atoms with Gasteiger partial charge in [-0.3, -0.25) is 0 Å². The number of halogens is 1. The van der Waals surface area contributed by atoms with Gasteiger partial charge in [-0.15, -0.1) is 0 Å². The van der Waals surface area contributed by atoms with Crippen molar-refractivity contribution < 1.29 is 14.6 Å². The Kier molecular flexibility index (Phi) is 6.25. The molecule has 0 aromatic heterocycles. The average molecular weight is 274 g/mol. The zero-order valence-corrected chi connectivity index (χ0v) is 11.8. The van der Waals surface area contributed by atoms with Crippen molar-refractivity contribution in [3.05, 3.63) is 22.7 Å². The van der Waals surface area contributed by atoms with E-state index in [2.05, 4.69) is 5.32 Å². The first kappa shape index (κ1) is 15.1. The van der Waals surface area contributed by atoms with E-state index in [0.29, 0.717) is 29.5 Å². The Morgan fingerprint density at radius 2 is 2.17 bits per heavy atom. The second-order valence-electron chi connectivity index (χ2n) is 4.00. The summed E-state index contributed by atoms with van der Waals surface area (Å²) in [6, 6.07) is 3.53. The van der Waals surface area contributed by atoms with Crippen LogP contribution >= 0.6 is 11.6 Å². The van der Waals surface area contributed by atoms with Gasteiger partial charge in [0, 0.05) is 23.2 Å². The van der Waals surface area contributed by atoms with Crippen LogP contribution in [-0.4, -0.2) is 32.0 Å². The van der Waals surface area contributed by atoms with E-state index in [0.717, 1.165) is 5.56 Å². The van der Waals surface area contributed by atoms with Crippen LogP contribution < -0.4 is 14.8 Å². The van der Waals surface area contributed by atoms with Crippen LogP contribution in [0.15, 0.2) is 12.1 Å². The largest absolute Gasteiger partial charge is 0.493 e. The number of hydrogen-bond donors (Lipinski definition) is 2. The molecule has 0 amide bonds. The molecular weight excluding hydrogens is 254 g/mol. The molecule has 0 saturated carbocycles. The van der Waals surface area contributed by atoms with Gasteiger partial charge >= 0.3 is 0 Å². The number of ether oxygens (including phenoxy) is 2. The highest BCUT2D eigenvalue weighted by molar-refractivity contribution is 6.30. The maximum Gasteiger partial charge on any atom is 0.165 e. The minimum atomic E-state index is -0.479. The Labute approximate surface area is 113 Å². The van der Waals surface area contributed by atoms with Crippen LogP contribution in [0.2, 0.25) is 5.02 Å². The minimum absolute atomic E-state index is 0.241. The number of methoxy groups -OCH3 is 1. The lowest BCUT2D eigenvalue weighted by Crippen LogP contribution is -2.18. The molecule has 0 fully saturated rings. The van der Waals surface area contributed by atoms with Gasteiger partial charge in [-0.05, 0) is 19.5 Å². The summed E-state index contributed by atoms with van der Waals surface area (Å²) in [5.41, 5.74) is 0.908. The van der Waals surface area contributed by atoms with Gasteiger partial charge < -0.3 is 19.9 Å². The molecule has 0 aliphatic rings. The van der Waals surface area contributed by atoms with E-state index < -0.39 is 6.10 Å². The number of rotatable bonds is 7. The third-order valence-corrected chi connectivity index (χ3v) is 2.79. The number of aliphatic hydroxyl groups excluding tert-OH is 1. The van der Waals surface area contributed by atoms with Crippen molar-refractivity contribution in [2.45, 2.75) is 26.0 Å². The van der Waals surface area contributed by atoms with E-state index in [-0.39, 0.29) is 6.61 Å². The second kappa shape index (κ2) is 7.46. The summed E-state index contributed by atoms with van der Waals surface area (Å²) in [7, 11) is 3.41. The van der Waals surface area contributed by atoms with Crippen molar-refractivity contribution in [2.75, 3.05) is 20.8 Å². The van der Waals surface area contributed by atoms with Crippen molar-refractivity contribution in [3.63, 3.8) is 0 Å². The first-order chi connectivity index (χ1) is 8.62. The van der Waals surface area contributed by atoms with Gasteiger partial charge in [-0.1, -0.05) is 18.5 Å². The van der Waals surface area contributed by atoms with Gasteiger partial charge in [0.25, 0.3) is 0 Å². The van der Waals surface area contributed by atoms with E-state index in [4.69, 9.17) is 21.1 Å². The van der Waals surface area contributed by atoms with Crippen molar-refractivity contribution in [1.82, 2.24) is 5.32 Å². The molecule has 0 radical (unpaired) electrons. The maximum atomic E-state index is 9.55. The second-order valence-corrected chi connectivity index (χ2v) is 4.44. The fraction of sp³-hybridized carbons (Fsp3) is 0.538. The zero-order valence-electron chi connectivity index (χ0n) is 11.0. The summed E-state index contributed by atoms with van der Waals surface area (Å²) in [6.07, 6.45) is 0.171. The smallest absolute Gasteiger partial charge is 0.165 e. The third kappa shape index (κ3) is 4.05. The lowest BCUT2D eigenvalue weighted by Gasteiger charge is -2.17. The van der Waals surface area contributed by atoms with Crippen molar-refractivity contribution in [3.8, 4) is 11.5 Å². The molecule has 1 rings (SSSR count). The maximum absolute atomic E-state index is 9.55. The van der Waals surface area contributed by atoms with Gasteiger partial charge in [0.1, 0.15) is 6.61 Å². The van der Waals surface area contributed by atoms with Crippen LogP contribution in [-0.2, 0) is 6.54 Å². The van der Waals surface area contributed by atoms with Crippen molar-refractivity contribution >= 4 is 11.6 Å². The van der Waals surface area contributed by atoms with Crippen LogP contribution in [0.1, 0.15) is 18.9 Å². The Bertz CT molecular complexity index is 385. The molecule has 0 heterocycles. The van der Waals surface area contributed by atoms with E-state index >= 15 is 0 Å². The van der Waals surface area contributed by atoms with E-state index in [1.54, 1.807) is 13.2 Å². The molecule has 0 saturated heterocycles. The van der Waals surface area contributed by atoms with Gasteiger partial charge in [-0.2, -0.15) is 0 Å². The number of benzene rings is 1. The molecule has 2 N–H and O–H groups in total. The Morgan fingerprint density at radius 1 is 1.44 bits per heavy atom. The summed E-state index contributed by atoms with van der Waals surface area (Å²) >= 11 is 6.01. The summed E-state index contributed by atoms with van der Waals surface area (Å²) < 4.78 is 10.9. The van der Waals surface area contributed by atoms with Crippen LogP contribution in [0.3, 0.4) is 0 Å². The molecule has 1 aromatic rings. The molecule has 0 aliphatic carbocycles. The summed E-state index contributed by atoms with van der Waals surface area (Å²) in [5, 5.41) is 13.2. The molecule has 1 unspecified atom stereocenters. The van der Waals surface area contributed by atoms with Crippen LogP contribution in [0, 0.1) is 0 Å². The average Bonchev–Trinajstić information content (AvgIpc) is 2.36. The van der Waals surface area contributed by atoms with E-state index in [9.17, 15) is 5.11 Å². The normalized spacial score (nSPS) is 12.3. The predicted molar refractivity (Wildman–Crippen MR) is 72.6 cm³/mol. The molecule has 0 bridgehead atoms. The highest BCUT2D eigenvalue weighted by Crippen LogP contribution is 2.34. The molecule has 18 heavy (non-hydrogen) atoms. The quantitative estimate of drug-likeness (QED) is 0.800. The Morgan fingerprint density at radius 3 is 2.72 bits per heavy atom. The molecule has 0 aliphatic heterocycles. The molecule has 4 nitrogen and oxygen atoms in total. The first-order valence-corrected chi connectivity index (χ1v) is 6.32. The van der Waals surface area contributed by atoms with Gasteiger partial charge in [0.2, 0.25) is 0 Å². The standard InChI is InChI=1S/C13H20ClNO3/c1-4-11(16)8-18-13-9(7-15-2)5-10(14)6-12(13)17-3/h5-6,11,15-16H,4,7-8H2,1-3H3. The van der Waals surface area contributed by atoms with Crippen LogP contribution in [0.4, 0.5) is 0 Å². The van der Waals surface area contributed by atoms with E-state index in [1.807, 2.05) is 20.0 Å². The van der Waals surface area contributed by atoms with Crippen molar-refractivity contribution in [1.29, 1.82) is 0 Å². The van der Waals surface area contributed by atoms with Gasteiger partial charge in [-0.25, -0.2) is 0 Å².